The Morgan fingerprint density at radius 2 is 1.17 bits per heavy atom. The van der Waals surface area contributed by atoms with Gasteiger partial charge in [-0.15, -0.1) is 0 Å². The maximum absolute atomic E-state index is 13.9. The first kappa shape index (κ1) is 59.0. The highest BCUT2D eigenvalue weighted by Gasteiger charge is 2.87. The van der Waals surface area contributed by atoms with Crippen molar-refractivity contribution in [3.63, 3.8) is 0 Å². The summed E-state index contributed by atoms with van der Waals surface area (Å²) in [6.45, 7) is -1.13. The number of halogens is 12. The van der Waals surface area contributed by atoms with Crippen LogP contribution in [0.5, 0.6) is 0 Å². The summed E-state index contributed by atoms with van der Waals surface area (Å²) >= 11 is 0. The molecule has 19 heteroatoms. The third-order valence-electron chi connectivity index (χ3n) is 5.85. The van der Waals surface area contributed by atoms with E-state index in [0.29, 0.717) is 0 Å². The molecule has 0 saturated heterocycles. The Bertz CT molecular complexity index is 902. The molecular weight excluding hydrogens is 664 g/mol. The van der Waals surface area contributed by atoms with Gasteiger partial charge in [-0.25, -0.2) is 8.78 Å². The number of esters is 2. The van der Waals surface area contributed by atoms with Gasteiger partial charge in [0.15, 0.2) is 6.61 Å². The predicted molar refractivity (Wildman–Crippen MR) is 148 cm³/mol. The fourth-order valence-corrected chi connectivity index (χ4v) is 3.44. The van der Waals surface area contributed by atoms with Crippen molar-refractivity contribution in [2.75, 3.05) is 19.8 Å². The maximum atomic E-state index is 13.9. The smallest absolute Gasteiger partial charge is 0.384 e. The number of carbonyl (C=O) groups is 3. The summed E-state index contributed by atoms with van der Waals surface area (Å²) in [5.74, 6) is -44.2. The van der Waals surface area contributed by atoms with Crippen molar-refractivity contribution >= 4 is 17.9 Å². The molecule has 0 aromatic rings. The largest absolute Gasteiger partial charge is 0.481 e. The minimum absolute atomic E-state index is 0. The average molecular weight is 715 g/mol. The van der Waals surface area contributed by atoms with Gasteiger partial charge in [-0.1, -0.05) is 58.4 Å². The van der Waals surface area contributed by atoms with Crippen molar-refractivity contribution in [3.05, 3.63) is 0 Å². The molecule has 7 nitrogen and oxygen atoms in total. The van der Waals surface area contributed by atoms with Crippen LogP contribution in [0.15, 0.2) is 0 Å². The Hall–Kier alpha value is -2.47. The van der Waals surface area contributed by atoms with E-state index in [1.54, 1.807) is 0 Å². The van der Waals surface area contributed by atoms with Crippen LogP contribution in [0.1, 0.15) is 84.6 Å². The Morgan fingerprint density at radius 3 is 1.52 bits per heavy atom. The fourth-order valence-electron chi connectivity index (χ4n) is 3.44. The van der Waals surface area contributed by atoms with Gasteiger partial charge < -0.3 is 19.7 Å². The second-order valence-corrected chi connectivity index (χ2v) is 9.13. The summed E-state index contributed by atoms with van der Waals surface area (Å²) in [6, 6.07) is 0. The molecule has 0 aromatic carbocycles. The zero-order chi connectivity index (χ0) is 32.1. The topological polar surface area (TPSA) is 110 Å². The van der Waals surface area contributed by atoms with Gasteiger partial charge in [0.1, 0.15) is 6.61 Å². The van der Waals surface area contributed by atoms with Crippen molar-refractivity contribution in [1.29, 1.82) is 0 Å². The number of aliphatic hydroxyl groups is 1. The minimum atomic E-state index is -7.79. The van der Waals surface area contributed by atoms with Crippen LogP contribution in [0.3, 0.4) is 0 Å². The molecule has 0 radical (unpaired) electrons. The molecule has 0 rings (SSSR count). The van der Waals surface area contributed by atoms with Crippen LogP contribution in [-0.4, -0.2) is 84.0 Å². The summed E-state index contributed by atoms with van der Waals surface area (Å²) < 4.78 is 168. The number of rotatable bonds is 17. The first-order valence-corrected chi connectivity index (χ1v) is 11.1. The van der Waals surface area contributed by atoms with E-state index in [9.17, 15) is 72.2 Å². The molecule has 0 aromatic heterocycles. The van der Waals surface area contributed by atoms with Crippen molar-refractivity contribution in [1.82, 2.24) is 0 Å². The van der Waals surface area contributed by atoms with E-state index in [-0.39, 0.29) is 51.0 Å². The molecule has 0 amide bonds. The molecule has 0 aliphatic rings. The van der Waals surface area contributed by atoms with E-state index >= 15 is 0 Å². The number of carboxylic acid groups (broad SMARTS) is 1. The number of carboxylic acids is 1. The van der Waals surface area contributed by atoms with Gasteiger partial charge in [0.05, 0.1) is 23.9 Å². The molecule has 0 spiro atoms. The summed E-state index contributed by atoms with van der Waals surface area (Å²) in [5.41, 5.74) is -1.92. The van der Waals surface area contributed by atoms with Crippen molar-refractivity contribution in [2.45, 2.75) is 121 Å². The highest BCUT2D eigenvalue weighted by atomic mass is 19.4. The van der Waals surface area contributed by atoms with Crippen LogP contribution in [0.2, 0.25) is 0 Å². The van der Waals surface area contributed by atoms with Crippen LogP contribution in [0, 0.1) is 17.3 Å². The van der Waals surface area contributed by atoms with Crippen molar-refractivity contribution < 1.29 is 86.8 Å². The Balaban J connectivity index is -0.000000507. The van der Waals surface area contributed by atoms with Gasteiger partial charge >= 0.3 is 53.9 Å². The number of carbonyl (C=O) groups excluding carboxylic acids is 2. The van der Waals surface area contributed by atoms with Crippen molar-refractivity contribution in [3.8, 4) is 0 Å². The van der Waals surface area contributed by atoms with Gasteiger partial charge in [0.25, 0.3) is 0 Å². The molecule has 0 saturated carbocycles. The number of hydrogen-bond acceptors (Lipinski definition) is 6. The van der Waals surface area contributed by atoms with Crippen LogP contribution in [0.4, 0.5) is 52.7 Å². The number of hydrogen-bond donors (Lipinski definition) is 2. The summed E-state index contributed by atoms with van der Waals surface area (Å²) in [6.07, 6.45) is -7.07. The lowest BCUT2D eigenvalue weighted by Gasteiger charge is -2.39. The average Bonchev–Trinajstić information content (AvgIpc) is 2.83. The molecular formula is C27H50F12O7. The zero-order valence-corrected chi connectivity index (χ0v) is 20.9. The normalized spacial score (nSPS) is 14.5. The van der Waals surface area contributed by atoms with Crippen LogP contribution < -0.4 is 0 Å². The van der Waals surface area contributed by atoms with E-state index in [4.69, 9.17) is 9.84 Å². The van der Waals surface area contributed by atoms with E-state index < -0.39 is 104 Å². The molecule has 3 atom stereocenters. The number of aliphatic carboxylic acids is 1. The lowest BCUT2D eigenvalue weighted by atomic mass is 9.74. The molecule has 284 valence electrons. The Kier molecular flexibility index (Phi) is 26.6. The first-order valence-electron chi connectivity index (χ1n) is 11.1. The summed E-state index contributed by atoms with van der Waals surface area (Å²) in [4.78, 5) is 36.0. The van der Waals surface area contributed by atoms with Gasteiger partial charge in [-0.2, -0.15) is 43.9 Å². The third-order valence-corrected chi connectivity index (χ3v) is 5.85. The highest BCUT2D eigenvalue weighted by Crippen LogP contribution is 2.58. The molecule has 0 aliphatic carbocycles. The second-order valence-electron chi connectivity index (χ2n) is 9.13. The van der Waals surface area contributed by atoms with Gasteiger partial charge in [0.2, 0.25) is 0 Å². The van der Waals surface area contributed by atoms with Gasteiger partial charge in [0, 0.05) is 0 Å². The molecule has 0 fully saturated rings. The summed E-state index contributed by atoms with van der Waals surface area (Å²) in [5, 5.41) is 18.1. The van der Waals surface area contributed by atoms with E-state index in [2.05, 4.69) is 4.74 Å². The molecule has 3 unspecified atom stereocenters. The number of aliphatic hydroxyl groups excluding tert-OH is 1. The van der Waals surface area contributed by atoms with Crippen LogP contribution in [-0.2, 0) is 23.9 Å². The van der Waals surface area contributed by atoms with E-state index in [1.807, 2.05) is 0 Å². The Morgan fingerprint density at radius 1 is 0.739 bits per heavy atom. The lowest BCUT2D eigenvalue weighted by molar-refractivity contribution is -0.414. The van der Waals surface area contributed by atoms with Gasteiger partial charge in [-0.05, 0) is 26.2 Å². The Labute approximate surface area is 263 Å². The van der Waals surface area contributed by atoms with Crippen LogP contribution in [0.25, 0.3) is 0 Å². The second kappa shape index (κ2) is 20.7. The zero-order valence-electron chi connectivity index (χ0n) is 20.9. The summed E-state index contributed by atoms with van der Waals surface area (Å²) in [7, 11) is 0. The quantitative estimate of drug-likeness (QED) is 0.114. The van der Waals surface area contributed by atoms with E-state index in [1.165, 1.54) is 6.92 Å². The molecule has 0 heterocycles. The molecule has 0 aliphatic heterocycles. The van der Waals surface area contributed by atoms with Crippen molar-refractivity contribution in [2.24, 2.45) is 17.3 Å². The number of ether oxygens (including phenoxy) is 2. The third kappa shape index (κ3) is 12.0. The first-order chi connectivity index (χ1) is 17.8. The predicted octanol–water partition coefficient (Wildman–Crippen LogP) is 8.86. The fraction of sp³-hybridized carbons (Fsp3) is 0.889. The monoisotopic (exact) mass is 714 g/mol. The maximum Gasteiger partial charge on any atom is 0.384 e. The van der Waals surface area contributed by atoms with E-state index in [0.717, 1.165) is 13.8 Å². The SMILES string of the molecule is C.C.C.C.C.C.CCC(CC(C)(CC(C)C(=O)OCC(F)(F)C(F)(F)C(F)(F)C(F)(F)C(F)(F)C(F)F)C(=O)OCCO)C(=O)O. The lowest BCUT2D eigenvalue weighted by Crippen LogP contribution is -2.69. The minimum Gasteiger partial charge on any atom is -0.481 e. The molecule has 0 bridgehead atoms. The number of alkyl halides is 12. The molecule has 2 N–H and O–H groups in total. The molecule has 46 heavy (non-hydrogen) atoms. The standard InChI is InChI=1S/C21H26F12O7.6CH4/c1-4-11(12(35)36)8-16(3,15(38)39-6-5-34)7-10(2)13(37)40-9-17(24,25)19(28,29)21(32,33)20(30,31)18(26,27)14(22)23;;;;;;/h10-11,14,34H,4-9H2,1-3H3,(H,35,36);6*1H4. The van der Waals surface area contributed by atoms with Crippen LogP contribution >= 0.6 is 0 Å². The highest BCUT2D eigenvalue weighted by molar-refractivity contribution is 5.80. The van der Waals surface area contributed by atoms with Gasteiger partial charge in [-0.3, -0.25) is 14.4 Å².